The molecular weight excluding hydrogens is 300 g/mol. The van der Waals surface area contributed by atoms with Gasteiger partial charge in [-0.3, -0.25) is 15.1 Å². The Balaban J connectivity index is 1.73. The fraction of sp³-hybridized carbons (Fsp3) is 0.0667. The number of nitrogens with one attached hydrogen (secondary N) is 1. The number of hydrogen-bond acceptors (Lipinski definition) is 6. The number of hydrogen-bond donors (Lipinski definition) is 1. The van der Waals surface area contributed by atoms with Gasteiger partial charge in [-0.2, -0.15) is 0 Å². The highest BCUT2D eigenvalue weighted by Crippen LogP contribution is 2.25. The lowest BCUT2D eigenvalue weighted by Gasteiger charge is -2.03. The number of anilines is 1. The van der Waals surface area contributed by atoms with Gasteiger partial charge in [-0.25, -0.2) is 4.98 Å². The van der Waals surface area contributed by atoms with Crippen LogP contribution in [0.4, 0.5) is 10.8 Å². The van der Waals surface area contributed by atoms with Crippen molar-refractivity contribution < 1.29 is 4.92 Å². The van der Waals surface area contributed by atoms with E-state index in [1.54, 1.807) is 30.6 Å². The molecule has 3 aromatic rings. The zero-order valence-electron chi connectivity index (χ0n) is 11.5. The van der Waals surface area contributed by atoms with Crippen LogP contribution < -0.4 is 5.32 Å². The van der Waals surface area contributed by atoms with Crippen LogP contribution in [0, 0.1) is 10.1 Å². The van der Waals surface area contributed by atoms with Gasteiger partial charge in [-0.05, 0) is 12.1 Å². The van der Waals surface area contributed by atoms with E-state index in [4.69, 9.17) is 0 Å². The van der Waals surface area contributed by atoms with Crippen molar-refractivity contribution in [3.05, 3.63) is 69.8 Å². The summed E-state index contributed by atoms with van der Waals surface area (Å²) < 4.78 is 0. The normalized spacial score (nSPS) is 10.4. The number of thiazole rings is 1. The van der Waals surface area contributed by atoms with Crippen LogP contribution in [0.25, 0.3) is 11.3 Å². The minimum atomic E-state index is -0.374. The van der Waals surface area contributed by atoms with E-state index in [2.05, 4.69) is 15.3 Å². The molecule has 110 valence electrons. The van der Waals surface area contributed by atoms with Gasteiger partial charge in [0.15, 0.2) is 5.13 Å². The predicted molar refractivity (Wildman–Crippen MR) is 85.8 cm³/mol. The van der Waals surface area contributed by atoms with E-state index in [1.165, 1.54) is 17.4 Å². The quantitative estimate of drug-likeness (QED) is 0.573. The van der Waals surface area contributed by atoms with E-state index >= 15 is 0 Å². The van der Waals surface area contributed by atoms with Gasteiger partial charge in [-0.1, -0.05) is 18.2 Å². The highest BCUT2D eigenvalue weighted by atomic mass is 32.1. The predicted octanol–water partition coefficient (Wildman–Crippen LogP) is 3.73. The van der Waals surface area contributed by atoms with Gasteiger partial charge in [-0.15, -0.1) is 11.3 Å². The van der Waals surface area contributed by atoms with E-state index in [0.29, 0.717) is 12.1 Å². The monoisotopic (exact) mass is 312 g/mol. The molecule has 0 aliphatic carbocycles. The van der Waals surface area contributed by atoms with Gasteiger partial charge in [0.2, 0.25) is 0 Å². The van der Waals surface area contributed by atoms with Crippen LogP contribution in [-0.2, 0) is 6.54 Å². The van der Waals surface area contributed by atoms with Crippen molar-refractivity contribution in [3.63, 3.8) is 0 Å². The van der Waals surface area contributed by atoms with Gasteiger partial charge in [0.1, 0.15) is 0 Å². The Bertz CT molecular complexity index is 789. The molecule has 7 heteroatoms. The van der Waals surface area contributed by atoms with Crippen molar-refractivity contribution in [2.75, 3.05) is 5.32 Å². The number of pyridine rings is 1. The standard InChI is InChI=1S/C15H12N4O2S/c20-19(21)14-4-2-1-3-12(14)9-17-15-18-13(10-22-15)11-5-7-16-8-6-11/h1-8,10H,9H2,(H,17,18). The molecule has 0 saturated carbocycles. The summed E-state index contributed by atoms with van der Waals surface area (Å²) in [5.74, 6) is 0. The Hall–Kier alpha value is -2.80. The first-order valence-electron chi connectivity index (χ1n) is 6.56. The van der Waals surface area contributed by atoms with Crippen molar-refractivity contribution in [3.8, 4) is 11.3 Å². The molecule has 0 atom stereocenters. The number of nitrogens with zero attached hydrogens (tertiary/aromatic N) is 3. The Morgan fingerprint density at radius 3 is 2.73 bits per heavy atom. The third-order valence-corrected chi connectivity index (χ3v) is 3.90. The average molecular weight is 312 g/mol. The lowest BCUT2D eigenvalue weighted by Crippen LogP contribution is -2.02. The molecule has 0 radical (unpaired) electrons. The van der Waals surface area contributed by atoms with E-state index in [9.17, 15) is 10.1 Å². The van der Waals surface area contributed by atoms with Gasteiger partial charge in [0.05, 0.1) is 10.6 Å². The maximum atomic E-state index is 11.0. The third kappa shape index (κ3) is 3.09. The zero-order valence-corrected chi connectivity index (χ0v) is 12.3. The number of aromatic nitrogens is 2. The van der Waals surface area contributed by atoms with Crippen LogP contribution >= 0.6 is 11.3 Å². The molecular formula is C15H12N4O2S. The first-order valence-corrected chi connectivity index (χ1v) is 7.44. The third-order valence-electron chi connectivity index (χ3n) is 3.10. The molecule has 0 spiro atoms. The maximum absolute atomic E-state index is 11.0. The second-order valence-electron chi connectivity index (χ2n) is 4.51. The van der Waals surface area contributed by atoms with E-state index in [1.807, 2.05) is 17.5 Å². The molecule has 0 fully saturated rings. The fourth-order valence-corrected chi connectivity index (χ4v) is 2.74. The van der Waals surface area contributed by atoms with Gasteiger partial charge in [0.25, 0.3) is 5.69 Å². The second kappa shape index (κ2) is 6.31. The first kappa shape index (κ1) is 14.2. The lowest BCUT2D eigenvalue weighted by molar-refractivity contribution is -0.385. The Kier molecular flexibility index (Phi) is 4.06. The molecule has 0 bridgehead atoms. The Morgan fingerprint density at radius 2 is 1.95 bits per heavy atom. The number of benzene rings is 1. The highest BCUT2D eigenvalue weighted by molar-refractivity contribution is 7.14. The molecule has 0 aliphatic heterocycles. The van der Waals surface area contributed by atoms with Gasteiger partial charge < -0.3 is 5.32 Å². The molecule has 0 saturated heterocycles. The molecule has 0 amide bonds. The van der Waals surface area contributed by atoms with Crippen LogP contribution in [0.5, 0.6) is 0 Å². The maximum Gasteiger partial charge on any atom is 0.274 e. The summed E-state index contributed by atoms with van der Waals surface area (Å²) in [6, 6.07) is 10.5. The minimum Gasteiger partial charge on any atom is -0.357 e. The summed E-state index contributed by atoms with van der Waals surface area (Å²) in [4.78, 5) is 19.1. The summed E-state index contributed by atoms with van der Waals surface area (Å²) in [5.41, 5.74) is 2.59. The molecule has 22 heavy (non-hydrogen) atoms. The van der Waals surface area contributed by atoms with E-state index < -0.39 is 0 Å². The molecule has 0 unspecified atom stereocenters. The minimum absolute atomic E-state index is 0.112. The number of rotatable bonds is 5. The fourth-order valence-electron chi connectivity index (χ4n) is 2.02. The number of para-hydroxylation sites is 1. The summed E-state index contributed by atoms with van der Waals surface area (Å²) in [5, 5.41) is 16.8. The van der Waals surface area contributed by atoms with Gasteiger partial charge in [0, 0.05) is 41.5 Å². The second-order valence-corrected chi connectivity index (χ2v) is 5.37. The number of nitro groups is 1. The topological polar surface area (TPSA) is 81.0 Å². The summed E-state index contributed by atoms with van der Waals surface area (Å²) >= 11 is 1.47. The molecule has 6 nitrogen and oxygen atoms in total. The zero-order chi connectivity index (χ0) is 15.4. The molecule has 1 aromatic carbocycles. The Labute approximate surface area is 130 Å². The van der Waals surface area contributed by atoms with Crippen LogP contribution in [0.2, 0.25) is 0 Å². The Morgan fingerprint density at radius 1 is 1.18 bits per heavy atom. The number of nitro benzene ring substituents is 1. The van der Waals surface area contributed by atoms with E-state index in [-0.39, 0.29) is 10.6 Å². The molecule has 2 aromatic heterocycles. The van der Waals surface area contributed by atoms with Gasteiger partial charge >= 0.3 is 0 Å². The van der Waals surface area contributed by atoms with Crippen LogP contribution in [-0.4, -0.2) is 14.9 Å². The molecule has 3 rings (SSSR count). The largest absolute Gasteiger partial charge is 0.357 e. The van der Waals surface area contributed by atoms with Crippen molar-refractivity contribution >= 4 is 22.2 Å². The summed E-state index contributed by atoms with van der Waals surface area (Å²) in [7, 11) is 0. The van der Waals surface area contributed by atoms with Crippen molar-refractivity contribution in [1.29, 1.82) is 0 Å². The average Bonchev–Trinajstić information content (AvgIpc) is 3.03. The van der Waals surface area contributed by atoms with Crippen LogP contribution in [0.1, 0.15) is 5.56 Å². The van der Waals surface area contributed by atoms with Crippen molar-refractivity contribution in [2.45, 2.75) is 6.54 Å². The molecule has 1 N–H and O–H groups in total. The van der Waals surface area contributed by atoms with Crippen LogP contribution in [0.15, 0.2) is 54.2 Å². The SMILES string of the molecule is O=[N+]([O-])c1ccccc1CNc1nc(-c2ccncc2)cs1. The molecule has 2 heterocycles. The highest BCUT2D eigenvalue weighted by Gasteiger charge is 2.12. The lowest BCUT2D eigenvalue weighted by atomic mass is 10.2. The van der Waals surface area contributed by atoms with Crippen molar-refractivity contribution in [2.24, 2.45) is 0 Å². The first-order chi connectivity index (χ1) is 10.7. The molecule has 0 aliphatic rings. The van der Waals surface area contributed by atoms with Crippen LogP contribution in [0.3, 0.4) is 0 Å². The summed E-state index contributed by atoms with van der Waals surface area (Å²) in [6.45, 7) is 0.362. The van der Waals surface area contributed by atoms with E-state index in [0.717, 1.165) is 16.4 Å². The van der Waals surface area contributed by atoms with Crippen molar-refractivity contribution in [1.82, 2.24) is 9.97 Å². The smallest absolute Gasteiger partial charge is 0.274 e. The summed E-state index contributed by atoms with van der Waals surface area (Å²) in [6.07, 6.45) is 3.43.